The van der Waals surface area contributed by atoms with E-state index in [1.165, 1.54) is 6.20 Å². The first-order chi connectivity index (χ1) is 7.65. The normalized spacial score (nSPS) is 19.8. The molecule has 0 spiro atoms. The molecule has 2 rings (SSSR count). The van der Waals surface area contributed by atoms with Gasteiger partial charge >= 0.3 is 5.00 Å². The van der Waals surface area contributed by atoms with Crippen molar-refractivity contribution in [2.75, 3.05) is 18.4 Å². The summed E-state index contributed by atoms with van der Waals surface area (Å²) in [4.78, 5) is 17.8. The van der Waals surface area contributed by atoms with Gasteiger partial charge in [0.25, 0.3) is 0 Å². The summed E-state index contributed by atoms with van der Waals surface area (Å²) in [5.74, 6) is 0.467. The van der Waals surface area contributed by atoms with Crippen LogP contribution >= 0.6 is 11.3 Å². The molecule has 1 unspecified atom stereocenters. The predicted octanol–water partition coefficient (Wildman–Crippen LogP) is -0.217. The van der Waals surface area contributed by atoms with Crippen LogP contribution in [0, 0.1) is 10.1 Å². The van der Waals surface area contributed by atoms with Crippen LogP contribution in [0.5, 0.6) is 0 Å². The molecule has 0 saturated heterocycles. The standard InChI is InChI=1S/C7H9N5O3S/c13-4-1-8-6(9-2-4)11-7-10-3-5(16-7)12(14)15/h3-4,13H,1-2H2,(H2,8,9,10,11). The molecule has 1 atom stereocenters. The third-order valence-corrected chi connectivity index (χ3v) is 2.73. The van der Waals surface area contributed by atoms with E-state index in [1.54, 1.807) is 0 Å². The van der Waals surface area contributed by atoms with Crippen LogP contribution in [0.2, 0.25) is 0 Å². The van der Waals surface area contributed by atoms with E-state index in [0.717, 1.165) is 11.3 Å². The van der Waals surface area contributed by atoms with Crippen molar-refractivity contribution in [1.29, 1.82) is 0 Å². The third-order valence-electron chi connectivity index (χ3n) is 1.86. The second kappa shape index (κ2) is 4.41. The lowest BCUT2D eigenvalue weighted by Gasteiger charge is -2.18. The smallest absolute Gasteiger partial charge is 0.345 e. The van der Waals surface area contributed by atoms with E-state index >= 15 is 0 Å². The summed E-state index contributed by atoms with van der Waals surface area (Å²) < 4.78 is 0. The minimum Gasteiger partial charge on any atom is -0.389 e. The maximum Gasteiger partial charge on any atom is 0.345 e. The van der Waals surface area contributed by atoms with Gasteiger partial charge in [0.15, 0.2) is 11.1 Å². The number of aliphatic hydroxyl groups excluding tert-OH is 1. The molecule has 1 aromatic rings. The zero-order valence-electron chi connectivity index (χ0n) is 8.08. The summed E-state index contributed by atoms with van der Waals surface area (Å²) in [7, 11) is 0. The van der Waals surface area contributed by atoms with Gasteiger partial charge in [0.05, 0.1) is 17.6 Å². The summed E-state index contributed by atoms with van der Waals surface area (Å²) in [6.07, 6.45) is 0.696. The summed E-state index contributed by atoms with van der Waals surface area (Å²) in [6, 6.07) is 0. The van der Waals surface area contributed by atoms with Crippen molar-refractivity contribution in [3.63, 3.8) is 0 Å². The molecule has 0 amide bonds. The number of hydrogen-bond acceptors (Lipinski definition) is 8. The van der Waals surface area contributed by atoms with E-state index in [1.807, 2.05) is 0 Å². The molecular weight excluding hydrogens is 234 g/mol. The van der Waals surface area contributed by atoms with Gasteiger partial charge in [-0.05, 0) is 11.3 Å². The van der Waals surface area contributed by atoms with Gasteiger partial charge in [-0.1, -0.05) is 0 Å². The van der Waals surface area contributed by atoms with Crippen LogP contribution in [0.1, 0.15) is 0 Å². The van der Waals surface area contributed by atoms with E-state index in [4.69, 9.17) is 0 Å². The van der Waals surface area contributed by atoms with Crippen LogP contribution in [-0.2, 0) is 0 Å². The van der Waals surface area contributed by atoms with Crippen LogP contribution in [0.4, 0.5) is 10.1 Å². The Morgan fingerprint density at radius 2 is 2.56 bits per heavy atom. The maximum absolute atomic E-state index is 10.4. The first-order valence-corrected chi connectivity index (χ1v) is 5.30. The van der Waals surface area contributed by atoms with Crippen LogP contribution in [-0.4, -0.2) is 40.2 Å². The topological polar surface area (TPSA) is 113 Å². The largest absolute Gasteiger partial charge is 0.389 e. The van der Waals surface area contributed by atoms with Crippen LogP contribution < -0.4 is 10.6 Å². The molecule has 1 aliphatic heterocycles. The maximum atomic E-state index is 10.4. The van der Waals surface area contributed by atoms with Gasteiger partial charge in [0, 0.05) is 6.54 Å². The fourth-order valence-electron chi connectivity index (χ4n) is 1.12. The van der Waals surface area contributed by atoms with E-state index < -0.39 is 11.0 Å². The minimum absolute atomic E-state index is 0.0288. The molecule has 9 heteroatoms. The Morgan fingerprint density at radius 3 is 3.12 bits per heavy atom. The molecular formula is C7H9N5O3S. The number of aromatic nitrogens is 1. The lowest BCUT2D eigenvalue weighted by atomic mass is 10.3. The number of β-amino-alcohol motifs (C(OH)–C–C–N with tert-alkyl or cyclic N) is 1. The number of nitro groups is 1. The Labute approximate surface area is 94.2 Å². The van der Waals surface area contributed by atoms with Crippen LogP contribution in [0.3, 0.4) is 0 Å². The number of thiazole rings is 1. The molecule has 8 nitrogen and oxygen atoms in total. The number of aliphatic hydroxyl groups is 1. The predicted molar refractivity (Wildman–Crippen MR) is 58.7 cm³/mol. The summed E-state index contributed by atoms with van der Waals surface area (Å²) in [6.45, 7) is 0.710. The van der Waals surface area contributed by atoms with E-state index in [2.05, 4.69) is 20.6 Å². The Balaban J connectivity index is 2.01. The first-order valence-electron chi connectivity index (χ1n) is 4.49. The molecule has 1 aliphatic rings. The lowest BCUT2D eigenvalue weighted by Crippen LogP contribution is -2.42. The molecule has 3 N–H and O–H groups in total. The number of rotatable bonds is 2. The number of nitrogens with zero attached hydrogens (tertiary/aromatic N) is 3. The third kappa shape index (κ3) is 2.44. The SMILES string of the molecule is O=[N+]([O-])c1cnc(NC2=NCC(O)CN2)s1. The highest BCUT2D eigenvalue weighted by molar-refractivity contribution is 7.18. The molecule has 86 valence electrons. The number of anilines is 1. The number of aliphatic imine (C=N–C) groups is 1. The molecule has 16 heavy (non-hydrogen) atoms. The second-order valence-corrected chi connectivity index (χ2v) is 4.12. The molecule has 0 aromatic carbocycles. The highest BCUT2D eigenvalue weighted by Gasteiger charge is 2.15. The number of nitrogens with one attached hydrogen (secondary N) is 2. The monoisotopic (exact) mass is 243 g/mol. The van der Waals surface area contributed by atoms with Gasteiger partial charge in [-0.15, -0.1) is 0 Å². The van der Waals surface area contributed by atoms with Gasteiger partial charge < -0.3 is 15.7 Å². The second-order valence-electron chi connectivity index (χ2n) is 3.11. The zero-order valence-corrected chi connectivity index (χ0v) is 8.90. The van der Waals surface area contributed by atoms with Crippen molar-refractivity contribution >= 4 is 27.4 Å². The van der Waals surface area contributed by atoms with Gasteiger partial charge in [-0.2, -0.15) is 0 Å². The summed E-state index contributed by atoms with van der Waals surface area (Å²) in [5, 5.41) is 25.6. The van der Waals surface area contributed by atoms with Gasteiger partial charge in [-0.25, -0.2) is 4.98 Å². The molecule has 0 saturated carbocycles. The van der Waals surface area contributed by atoms with Crippen molar-refractivity contribution in [3.05, 3.63) is 16.3 Å². The molecule has 2 heterocycles. The van der Waals surface area contributed by atoms with Crippen molar-refractivity contribution in [3.8, 4) is 0 Å². The quantitative estimate of drug-likeness (QED) is 0.489. The van der Waals surface area contributed by atoms with Crippen molar-refractivity contribution in [1.82, 2.24) is 10.3 Å². The Kier molecular flexibility index (Phi) is 2.97. The zero-order chi connectivity index (χ0) is 11.5. The minimum atomic E-state index is -0.497. The molecule has 0 bridgehead atoms. The van der Waals surface area contributed by atoms with E-state index in [9.17, 15) is 15.2 Å². The van der Waals surface area contributed by atoms with E-state index in [-0.39, 0.29) is 5.00 Å². The fraction of sp³-hybridized carbons (Fsp3) is 0.429. The molecule has 0 aliphatic carbocycles. The Morgan fingerprint density at radius 1 is 1.75 bits per heavy atom. The first kappa shape index (κ1) is 10.8. The highest BCUT2D eigenvalue weighted by atomic mass is 32.1. The van der Waals surface area contributed by atoms with E-state index in [0.29, 0.717) is 24.2 Å². The molecule has 0 radical (unpaired) electrons. The Bertz CT molecular complexity index is 431. The lowest BCUT2D eigenvalue weighted by molar-refractivity contribution is -0.380. The molecule has 0 fully saturated rings. The van der Waals surface area contributed by atoms with Crippen molar-refractivity contribution in [2.45, 2.75) is 6.10 Å². The number of guanidine groups is 1. The van der Waals surface area contributed by atoms with Gasteiger partial charge in [-0.3, -0.25) is 15.1 Å². The van der Waals surface area contributed by atoms with Crippen molar-refractivity contribution < 1.29 is 10.0 Å². The summed E-state index contributed by atoms with van der Waals surface area (Å²) in [5.41, 5.74) is 0. The van der Waals surface area contributed by atoms with Crippen LogP contribution in [0.25, 0.3) is 0 Å². The summed E-state index contributed by atoms with van der Waals surface area (Å²) >= 11 is 0.931. The van der Waals surface area contributed by atoms with Crippen LogP contribution in [0.15, 0.2) is 11.2 Å². The average Bonchev–Trinajstić information content (AvgIpc) is 2.70. The van der Waals surface area contributed by atoms with Gasteiger partial charge in [0.2, 0.25) is 0 Å². The fourth-order valence-corrected chi connectivity index (χ4v) is 1.76. The Hall–Kier alpha value is -1.74. The molecule has 1 aromatic heterocycles. The number of hydrogen-bond donors (Lipinski definition) is 3. The van der Waals surface area contributed by atoms with Crippen molar-refractivity contribution in [2.24, 2.45) is 4.99 Å². The van der Waals surface area contributed by atoms with Gasteiger partial charge in [0.1, 0.15) is 6.20 Å². The average molecular weight is 243 g/mol. The highest BCUT2D eigenvalue weighted by Crippen LogP contribution is 2.24.